The molecule has 0 amide bonds. The van der Waals surface area contributed by atoms with Gasteiger partial charge in [-0.3, -0.25) is 0 Å². The van der Waals surface area contributed by atoms with Crippen LogP contribution >= 0.6 is 34.8 Å². The highest BCUT2D eigenvalue weighted by atomic mass is 35.5. The first kappa shape index (κ1) is 10.7. The summed E-state index contributed by atoms with van der Waals surface area (Å²) in [4.78, 5) is 0. The van der Waals surface area contributed by atoms with Crippen LogP contribution in [0.5, 0.6) is 0 Å². The van der Waals surface area contributed by atoms with E-state index < -0.39 is 0 Å². The molecule has 0 atom stereocenters. The summed E-state index contributed by atoms with van der Waals surface area (Å²) in [6.45, 7) is 1.79. The number of hydrogen-bond acceptors (Lipinski definition) is 3. The number of rotatable bonds is 1. The van der Waals surface area contributed by atoms with Crippen molar-refractivity contribution in [3.8, 4) is 5.69 Å². The van der Waals surface area contributed by atoms with Gasteiger partial charge in [-0.1, -0.05) is 34.8 Å². The molecule has 0 aliphatic carbocycles. The average Bonchev–Trinajstić information content (AvgIpc) is 2.51. The van der Waals surface area contributed by atoms with Gasteiger partial charge in [-0.15, -0.1) is 10.2 Å². The molecule has 0 unspecified atom stereocenters. The molecule has 0 radical (unpaired) electrons. The van der Waals surface area contributed by atoms with Crippen molar-refractivity contribution in [1.29, 1.82) is 0 Å². The molecule has 0 saturated carbocycles. The van der Waals surface area contributed by atoms with Crippen LogP contribution < -0.4 is 0 Å². The number of aromatic nitrogens is 4. The Balaban J connectivity index is 2.58. The van der Waals surface area contributed by atoms with Crippen LogP contribution in [0.25, 0.3) is 5.69 Å². The highest BCUT2D eigenvalue weighted by Gasteiger charge is 2.09. The van der Waals surface area contributed by atoms with E-state index in [1.807, 2.05) is 0 Å². The van der Waals surface area contributed by atoms with Gasteiger partial charge in [-0.05, 0) is 6.92 Å². The van der Waals surface area contributed by atoms with E-state index in [0.717, 1.165) is 0 Å². The average molecular weight is 264 g/mol. The smallest absolute Gasteiger partial charge is 0.177 e. The Bertz CT molecular complexity index is 489. The van der Waals surface area contributed by atoms with Gasteiger partial charge in [0.15, 0.2) is 10.3 Å². The maximum atomic E-state index is 5.88. The molecular formula is C8H5Cl3N4. The minimum atomic E-state index is 0.221. The molecular weight excluding hydrogens is 258 g/mol. The van der Waals surface area contributed by atoms with E-state index in [1.54, 1.807) is 19.2 Å². The van der Waals surface area contributed by atoms with Crippen LogP contribution in [-0.2, 0) is 0 Å². The van der Waals surface area contributed by atoms with Gasteiger partial charge < -0.3 is 0 Å². The standard InChI is InChI=1S/C8H5Cl3N4/c1-4-5(9)3-15(14-4)6-2-7(10)12-13-8(6)11/h2-3H,1H3. The van der Waals surface area contributed by atoms with E-state index in [4.69, 9.17) is 34.8 Å². The van der Waals surface area contributed by atoms with E-state index in [0.29, 0.717) is 16.4 Å². The van der Waals surface area contributed by atoms with Crippen LogP contribution in [0.1, 0.15) is 5.69 Å². The van der Waals surface area contributed by atoms with Crippen molar-refractivity contribution in [1.82, 2.24) is 20.0 Å². The normalized spacial score (nSPS) is 10.7. The summed E-state index contributed by atoms with van der Waals surface area (Å²) < 4.78 is 1.51. The van der Waals surface area contributed by atoms with Crippen LogP contribution in [0.3, 0.4) is 0 Å². The maximum Gasteiger partial charge on any atom is 0.177 e. The number of hydrogen-bond donors (Lipinski definition) is 0. The van der Waals surface area contributed by atoms with Gasteiger partial charge in [0.1, 0.15) is 5.69 Å². The first-order valence-electron chi connectivity index (χ1n) is 3.99. The van der Waals surface area contributed by atoms with E-state index in [9.17, 15) is 0 Å². The highest BCUT2D eigenvalue weighted by molar-refractivity contribution is 6.33. The Hall–Kier alpha value is -0.840. The summed E-state index contributed by atoms with van der Waals surface area (Å²) in [5, 5.41) is 12.5. The maximum absolute atomic E-state index is 5.88. The Labute approximate surface area is 101 Å². The first-order valence-corrected chi connectivity index (χ1v) is 5.12. The highest BCUT2D eigenvalue weighted by Crippen LogP contribution is 2.22. The fourth-order valence-electron chi connectivity index (χ4n) is 1.07. The van der Waals surface area contributed by atoms with Crippen molar-refractivity contribution >= 4 is 34.8 Å². The molecule has 7 heteroatoms. The number of halogens is 3. The first-order chi connectivity index (χ1) is 7.08. The van der Waals surface area contributed by atoms with Crippen molar-refractivity contribution in [2.75, 3.05) is 0 Å². The lowest BCUT2D eigenvalue weighted by molar-refractivity contribution is 0.845. The lowest BCUT2D eigenvalue weighted by atomic mass is 10.5. The molecule has 0 aliphatic heterocycles. The molecule has 0 bridgehead atoms. The molecule has 2 aromatic rings. The topological polar surface area (TPSA) is 43.6 Å². The molecule has 4 nitrogen and oxygen atoms in total. The predicted molar refractivity (Wildman–Crippen MR) is 58.9 cm³/mol. The summed E-state index contributed by atoms with van der Waals surface area (Å²) in [7, 11) is 0. The van der Waals surface area contributed by atoms with E-state index in [1.165, 1.54) is 4.68 Å². The third-order valence-corrected chi connectivity index (χ3v) is 2.61. The zero-order valence-corrected chi connectivity index (χ0v) is 9.85. The molecule has 2 aromatic heterocycles. The van der Waals surface area contributed by atoms with Gasteiger partial charge in [-0.2, -0.15) is 5.10 Å². The number of aryl methyl sites for hydroxylation is 1. The summed E-state index contributed by atoms with van der Waals surface area (Å²) >= 11 is 17.4. The third kappa shape index (κ3) is 2.07. The molecule has 0 N–H and O–H groups in total. The molecule has 78 valence electrons. The molecule has 2 heterocycles. The Morgan fingerprint density at radius 3 is 2.53 bits per heavy atom. The lowest BCUT2D eigenvalue weighted by Crippen LogP contribution is -1.99. The summed E-state index contributed by atoms with van der Waals surface area (Å²) in [5.41, 5.74) is 1.26. The zero-order chi connectivity index (χ0) is 11.0. The Morgan fingerprint density at radius 2 is 1.93 bits per heavy atom. The predicted octanol–water partition coefficient (Wildman–Crippen LogP) is 2.93. The van der Waals surface area contributed by atoms with Crippen LogP contribution in [0.4, 0.5) is 0 Å². The molecule has 0 aliphatic rings. The van der Waals surface area contributed by atoms with Crippen LogP contribution in [0.2, 0.25) is 15.3 Å². The summed E-state index contributed by atoms with van der Waals surface area (Å²) in [6, 6.07) is 1.57. The van der Waals surface area contributed by atoms with E-state index in [-0.39, 0.29) is 10.3 Å². The fraction of sp³-hybridized carbons (Fsp3) is 0.125. The summed E-state index contributed by atoms with van der Waals surface area (Å²) in [6.07, 6.45) is 1.64. The Kier molecular flexibility index (Phi) is 2.82. The second-order valence-electron chi connectivity index (χ2n) is 2.85. The quantitative estimate of drug-likeness (QED) is 0.794. The van der Waals surface area contributed by atoms with Gasteiger partial charge >= 0.3 is 0 Å². The molecule has 2 rings (SSSR count). The largest absolute Gasteiger partial charge is 0.236 e. The van der Waals surface area contributed by atoms with Gasteiger partial charge in [0, 0.05) is 12.3 Å². The van der Waals surface area contributed by atoms with Crippen LogP contribution in [0.15, 0.2) is 12.3 Å². The molecule has 15 heavy (non-hydrogen) atoms. The van der Waals surface area contributed by atoms with Crippen molar-refractivity contribution < 1.29 is 0 Å². The second kappa shape index (κ2) is 3.96. The SMILES string of the molecule is Cc1nn(-c2cc(Cl)nnc2Cl)cc1Cl. The summed E-state index contributed by atoms with van der Waals surface area (Å²) in [5.74, 6) is 0. The van der Waals surface area contributed by atoms with Gasteiger partial charge in [0.25, 0.3) is 0 Å². The van der Waals surface area contributed by atoms with Gasteiger partial charge in [0.2, 0.25) is 0 Å². The lowest BCUT2D eigenvalue weighted by Gasteiger charge is -2.01. The Morgan fingerprint density at radius 1 is 1.20 bits per heavy atom. The number of nitrogens with zero attached hydrogens (tertiary/aromatic N) is 4. The van der Waals surface area contributed by atoms with Gasteiger partial charge in [-0.25, -0.2) is 4.68 Å². The molecule has 0 fully saturated rings. The monoisotopic (exact) mass is 262 g/mol. The fourth-order valence-corrected chi connectivity index (χ4v) is 1.52. The van der Waals surface area contributed by atoms with Crippen LogP contribution in [0, 0.1) is 6.92 Å². The van der Waals surface area contributed by atoms with E-state index in [2.05, 4.69) is 15.3 Å². The van der Waals surface area contributed by atoms with Crippen molar-refractivity contribution in [2.24, 2.45) is 0 Å². The third-order valence-electron chi connectivity index (χ3n) is 1.79. The van der Waals surface area contributed by atoms with Crippen LogP contribution in [-0.4, -0.2) is 20.0 Å². The zero-order valence-electron chi connectivity index (χ0n) is 7.58. The van der Waals surface area contributed by atoms with Crippen molar-refractivity contribution in [3.05, 3.63) is 33.3 Å². The van der Waals surface area contributed by atoms with E-state index >= 15 is 0 Å². The molecule has 0 saturated heterocycles. The second-order valence-corrected chi connectivity index (χ2v) is 4.00. The van der Waals surface area contributed by atoms with Crippen molar-refractivity contribution in [2.45, 2.75) is 6.92 Å². The van der Waals surface area contributed by atoms with Gasteiger partial charge in [0.05, 0.1) is 10.7 Å². The minimum Gasteiger partial charge on any atom is -0.236 e. The minimum absolute atomic E-state index is 0.221. The molecule has 0 aromatic carbocycles. The molecule has 0 spiro atoms. The van der Waals surface area contributed by atoms with Crippen molar-refractivity contribution in [3.63, 3.8) is 0 Å².